The summed E-state index contributed by atoms with van der Waals surface area (Å²) in [7, 11) is 0. The van der Waals surface area contributed by atoms with Gasteiger partial charge >= 0.3 is 0 Å². The number of carbonyl (C=O) groups excluding carboxylic acids is 3. The van der Waals surface area contributed by atoms with Crippen LogP contribution in [0.2, 0.25) is 5.02 Å². The average molecular weight is 430 g/mol. The Morgan fingerprint density at radius 3 is 2.30 bits per heavy atom. The second kappa shape index (κ2) is 7.99. The minimum atomic E-state index is -0.811. The number of rotatable bonds is 4. The van der Waals surface area contributed by atoms with Crippen LogP contribution in [0.25, 0.3) is 5.69 Å². The predicted octanol–water partition coefficient (Wildman–Crippen LogP) is 4.00. The van der Waals surface area contributed by atoms with Crippen LogP contribution in [0.3, 0.4) is 0 Å². The molecule has 160 valence electrons. The van der Waals surface area contributed by atoms with E-state index in [1.54, 1.807) is 10.9 Å². The molecular formula is C23H28ClN3O3. The molecule has 1 aromatic heterocycles. The van der Waals surface area contributed by atoms with Gasteiger partial charge in [-0.3, -0.25) is 14.4 Å². The lowest BCUT2D eigenvalue weighted by atomic mass is 9.86. The Bertz CT molecular complexity index is 990. The minimum Gasteiger partial charge on any atom is -0.351 e. The SMILES string of the molecule is Cc1cc(-n2cc(Cl)c(C)n2)cc(C)c1C1C(=O)CC(CC(=O)NC(C)(C)C)C1=O. The van der Waals surface area contributed by atoms with Crippen molar-refractivity contribution in [3.05, 3.63) is 45.7 Å². The monoisotopic (exact) mass is 429 g/mol. The Labute approximate surface area is 182 Å². The molecule has 1 aliphatic rings. The third-order valence-corrected chi connectivity index (χ3v) is 5.74. The standard InChI is InChI=1S/C23H28ClN3O3/c1-12-7-16(27-11-17(24)14(3)26-27)8-13(2)20(12)21-18(28)9-15(22(21)30)10-19(29)25-23(4,5)6/h7-8,11,15,21H,9-10H2,1-6H3,(H,25,29). The maximum atomic E-state index is 13.1. The number of hydrogen-bond acceptors (Lipinski definition) is 4. The maximum Gasteiger partial charge on any atom is 0.221 e. The summed E-state index contributed by atoms with van der Waals surface area (Å²) in [4.78, 5) is 38.2. The number of nitrogens with zero attached hydrogens (tertiary/aromatic N) is 2. The highest BCUT2D eigenvalue weighted by atomic mass is 35.5. The topological polar surface area (TPSA) is 81.1 Å². The minimum absolute atomic E-state index is 0.0413. The van der Waals surface area contributed by atoms with E-state index in [-0.39, 0.29) is 35.9 Å². The zero-order valence-corrected chi connectivity index (χ0v) is 19.1. The van der Waals surface area contributed by atoms with E-state index < -0.39 is 11.8 Å². The Hall–Kier alpha value is -2.47. The molecular weight excluding hydrogens is 402 g/mol. The van der Waals surface area contributed by atoms with Gasteiger partial charge in [-0.1, -0.05) is 11.6 Å². The summed E-state index contributed by atoms with van der Waals surface area (Å²) in [5.41, 5.74) is 3.61. The fourth-order valence-electron chi connectivity index (χ4n) is 4.14. The highest BCUT2D eigenvalue weighted by Gasteiger charge is 2.44. The highest BCUT2D eigenvalue weighted by Crippen LogP contribution is 2.38. The van der Waals surface area contributed by atoms with Gasteiger partial charge in [-0.25, -0.2) is 4.68 Å². The lowest BCUT2D eigenvalue weighted by molar-refractivity contribution is -0.129. The molecule has 1 saturated carbocycles. The largest absolute Gasteiger partial charge is 0.351 e. The lowest BCUT2D eigenvalue weighted by Gasteiger charge is -2.21. The zero-order chi connectivity index (χ0) is 22.4. The van der Waals surface area contributed by atoms with Crippen molar-refractivity contribution in [1.29, 1.82) is 0 Å². The molecule has 0 spiro atoms. The van der Waals surface area contributed by atoms with Crippen molar-refractivity contribution < 1.29 is 14.4 Å². The van der Waals surface area contributed by atoms with E-state index in [9.17, 15) is 14.4 Å². The smallest absolute Gasteiger partial charge is 0.221 e. The van der Waals surface area contributed by atoms with Crippen molar-refractivity contribution in [2.75, 3.05) is 0 Å². The number of nitrogens with one attached hydrogen (secondary N) is 1. The van der Waals surface area contributed by atoms with E-state index in [4.69, 9.17) is 11.6 Å². The summed E-state index contributed by atoms with van der Waals surface area (Å²) in [6.45, 7) is 11.3. The fourth-order valence-corrected chi connectivity index (χ4v) is 4.27. The molecule has 1 N–H and O–H groups in total. The van der Waals surface area contributed by atoms with Crippen LogP contribution in [0, 0.1) is 26.7 Å². The first-order valence-electron chi connectivity index (χ1n) is 10.1. The molecule has 30 heavy (non-hydrogen) atoms. The predicted molar refractivity (Wildman–Crippen MR) is 116 cm³/mol. The molecule has 1 heterocycles. The first-order chi connectivity index (χ1) is 13.9. The van der Waals surface area contributed by atoms with Gasteiger partial charge in [0.25, 0.3) is 0 Å². The lowest BCUT2D eigenvalue weighted by Crippen LogP contribution is -2.41. The Morgan fingerprint density at radius 2 is 1.80 bits per heavy atom. The molecule has 0 bridgehead atoms. The number of hydrogen-bond donors (Lipinski definition) is 1. The van der Waals surface area contributed by atoms with Crippen LogP contribution in [0.4, 0.5) is 0 Å². The van der Waals surface area contributed by atoms with E-state index in [1.165, 1.54) is 0 Å². The summed E-state index contributed by atoms with van der Waals surface area (Å²) < 4.78 is 1.69. The van der Waals surface area contributed by atoms with Gasteiger partial charge in [0.15, 0.2) is 5.78 Å². The average Bonchev–Trinajstić information content (AvgIpc) is 3.06. The van der Waals surface area contributed by atoms with Crippen molar-refractivity contribution in [3.63, 3.8) is 0 Å². The number of ketones is 2. The summed E-state index contributed by atoms with van der Waals surface area (Å²) >= 11 is 6.12. The van der Waals surface area contributed by atoms with Crippen LogP contribution >= 0.6 is 11.6 Å². The number of aromatic nitrogens is 2. The molecule has 1 amide bonds. The Balaban J connectivity index is 1.87. The molecule has 2 atom stereocenters. The molecule has 1 aromatic carbocycles. The fraction of sp³-hybridized carbons (Fsp3) is 0.478. The summed E-state index contributed by atoms with van der Waals surface area (Å²) in [6.07, 6.45) is 1.88. The summed E-state index contributed by atoms with van der Waals surface area (Å²) in [5.74, 6) is -1.87. The number of amides is 1. The number of carbonyl (C=O) groups is 3. The molecule has 0 saturated heterocycles. The van der Waals surface area contributed by atoms with Crippen molar-refractivity contribution >= 4 is 29.1 Å². The van der Waals surface area contributed by atoms with Crippen LogP contribution in [-0.2, 0) is 14.4 Å². The van der Waals surface area contributed by atoms with Gasteiger partial charge < -0.3 is 5.32 Å². The normalized spacial score (nSPS) is 19.4. The van der Waals surface area contributed by atoms with E-state index in [1.807, 2.05) is 53.7 Å². The molecule has 0 radical (unpaired) electrons. The van der Waals surface area contributed by atoms with E-state index in [2.05, 4.69) is 10.4 Å². The number of halogens is 1. The molecule has 3 rings (SSSR count). The zero-order valence-electron chi connectivity index (χ0n) is 18.3. The molecule has 6 nitrogen and oxygen atoms in total. The van der Waals surface area contributed by atoms with E-state index >= 15 is 0 Å². The van der Waals surface area contributed by atoms with Crippen molar-refractivity contribution in [2.24, 2.45) is 5.92 Å². The van der Waals surface area contributed by atoms with Gasteiger partial charge in [-0.2, -0.15) is 5.10 Å². The van der Waals surface area contributed by atoms with Gasteiger partial charge in [0.2, 0.25) is 5.91 Å². The highest BCUT2D eigenvalue weighted by molar-refractivity contribution is 6.31. The Kier molecular flexibility index (Phi) is 5.92. The van der Waals surface area contributed by atoms with Crippen LogP contribution in [0.5, 0.6) is 0 Å². The van der Waals surface area contributed by atoms with Crippen LogP contribution in [0.15, 0.2) is 18.3 Å². The first kappa shape index (κ1) is 22.2. The van der Waals surface area contributed by atoms with Gasteiger partial charge in [-0.15, -0.1) is 0 Å². The quantitative estimate of drug-likeness (QED) is 0.745. The van der Waals surface area contributed by atoms with Crippen molar-refractivity contribution in [2.45, 2.75) is 65.8 Å². The second-order valence-corrected chi connectivity index (χ2v) is 9.61. The summed E-state index contributed by atoms with van der Waals surface area (Å²) in [6, 6.07) is 3.82. The first-order valence-corrected chi connectivity index (χ1v) is 10.5. The third kappa shape index (κ3) is 4.48. The maximum absolute atomic E-state index is 13.1. The number of aryl methyl sites for hydroxylation is 3. The van der Waals surface area contributed by atoms with Gasteiger partial charge in [-0.05, 0) is 70.4 Å². The van der Waals surface area contributed by atoms with Gasteiger partial charge in [0, 0.05) is 30.5 Å². The van der Waals surface area contributed by atoms with Gasteiger partial charge in [0.05, 0.1) is 16.4 Å². The Morgan fingerprint density at radius 1 is 1.20 bits per heavy atom. The number of benzene rings is 1. The molecule has 7 heteroatoms. The van der Waals surface area contributed by atoms with Gasteiger partial charge in [0.1, 0.15) is 11.7 Å². The molecule has 2 aromatic rings. The molecule has 2 unspecified atom stereocenters. The van der Waals surface area contributed by atoms with Crippen LogP contribution in [-0.4, -0.2) is 32.8 Å². The second-order valence-electron chi connectivity index (χ2n) is 9.21. The van der Waals surface area contributed by atoms with Crippen molar-refractivity contribution in [3.8, 4) is 5.69 Å². The number of Topliss-reactive ketones (excluding diaryl/α,β-unsaturated/α-hetero) is 2. The molecule has 0 aliphatic heterocycles. The van der Waals surface area contributed by atoms with E-state index in [0.717, 1.165) is 28.1 Å². The van der Waals surface area contributed by atoms with Crippen LogP contribution < -0.4 is 5.32 Å². The van der Waals surface area contributed by atoms with Crippen molar-refractivity contribution in [1.82, 2.24) is 15.1 Å². The molecule has 1 fully saturated rings. The summed E-state index contributed by atoms with van der Waals surface area (Å²) in [5, 5.41) is 7.84. The third-order valence-electron chi connectivity index (χ3n) is 5.37. The van der Waals surface area contributed by atoms with Crippen LogP contribution in [0.1, 0.15) is 61.9 Å². The van der Waals surface area contributed by atoms with E-state index in [0.29, 0.717) is 5.02 Å². The molecule has 1 aliphatic carbocycles.